The molecule has 2 atom stereocenters. The zero-order valence-corrected chi connectivity index (χ0v) is 13.8. The van der Waals surface area contributed by atoms with Gasteiger partial charge >= 0.3 is 0 Å². The molecule has 120 valence electrons. The lowest BCUT2D eigenvalue weighted by Crippen LogP contribution is -2.39. The third-order valence-electron chi connectivity index (χ3n) is 3.73. The number of sulfonamides is 1. The highest BCUT2D eigenvalue weighted by Gasteiger charge is 2.35. The summed E-state index contributed by atoms with van der Waals surface area (Å²) in [5, 5.41) is 0. The fourth-order valence-electron chi connectivity index (χ4n) is 2.49. The third kappa shape index (κ3) is 4.28. The molecule has 0 bridgehead atoms. The van der Waals surface area contributed by atoms with Gasteiger partial charge in [-0.05, 0) is 25.7 Å². The molecule has 2 heterocycles. The topological polar surface area (TPSA) is 73.2 Å². The van der Waals surface area contributed by atoms with Gasteiger partial charge in [0.15, 0.2) is 0 Å². The van der Waals surface area contributed by atoms with Gasteiger partial charge in [-0.2, -0.15) is 0 Å². The van der Waals surface area contributed by atoms with Crippen molar-refractivity contribution in [1.82, 2.24) is 14.3 Å². The maximum Gasteiger partial charge on any atom is 0.211 e. The maximum atomic E-state index is 12.2. The van der Waals surface area contributed by atoms with E-state index in [9.17, 15) is 8.42 Å². The zero-order valence-electron chi connectivity index (χ0n) is 12.9. The van der Waals surface area contributed by atoms with Crippen LogP contribution in [0, 0.1) is 5.92 Å². The molecule has 1 saturated heterocycles. The zero-order chi connectivity index (χ0) is 15.5. The van der Waals surface area contributed by atoms with Gasteiger partial charge in [-0.15, -0.1) is 0 Å². The first-order valence-electron chi connectivity index (χ1n) is 7.55. The first-order valence-corrected chi connectivity index (χ1v) is 9.20. The van der Waals surface area contributed by atoms with Gasteiger partial charge in [-0.1, -0.05) is 13.8 Å². The van der Waals surface area contributed by atoms with E-state index in [2.05, 4.69) is 9.71 Å². The van der Waals surface area contributed by atoms with Gasteiger partial charge in [0.05, 0.1) is 11.8 Å². The Bertz CT molecular complexity index is 554. The van der Waals surface area contributed by atoms with Gasteiger partial charge in [0, 0.05) is 25.5 Å². The van der Waals surface area contributed by atoms with Crippen molar-refractivity contribution in [1.29, 1.82) is 0 Å². The number of imidazole rings is 1. The van der Waals surface area contributed by atoms with Crippen molar-refractivity contribution in [3.8, 4) is 0 Å². The van der Waals surface area contributed by atoms with Crippen LogP contribution in [0.15, 0.2) is 12.4 Å². The van der Waals surface area contributed by atoms with E-state index >= 15 is 0 Å². The summed E-state index contributed by atoms with van der Waals surface area (Å²) in [6.07, 6.45) is 4.67. The second-order valence-electron chi connectivity index (χ2n) is 5.88. The van der Waals surface area contributed by atoms with Crippen LogP contribution in [-0.4, -0.2) is 36.4 Å². The Kier molecular flexibility index (Phi) is 5.40. The molecule has 1 aliphatic heterocycles. The molecule has 1 aromatic heterocycles. The van der Waals surface area contributed by atoms with Gasteiger partial charge in [0.1, 0.15) is 11.9 Å². The molecule has 0 aliphatic carbocycles. The monoisotopic (exact) mass is 315 g/mol. The minimum Gasteiger partial charge on any atom is -0.369 e. The summed E-state index contributed by atoms with van der Waals surface area (Å²) in [5.74, 6) is 1.33. The number of ether oxygens (including phenoxy) is 1. The molecule has 2 rings (SSSR count). The largest absolute Gasteiger partial charge is 0.369 e. The predicted molar refractivity (Wildman–Crippen MR) is 81.4 cm³/mol. The molecular formula is C14H25N3O3S. The molecule has 0 unspecified atom stereocenters. The van der Waals surface area contributed by atoms with Crippen LogP contribution in [0.5, 0.6) is 0 Å². The van der Waals surface area contributed by atoms with Crippen LogP contribution in [0.3, 0.4) is 0 Å². The van der Waals surface area contributed by atoms with Gasteiger partial charge in [-0.25, -0.2) is 18.1 Å². The molecule has 7 heteroatoms. The van der Waals surface area contributed by atoms with E-state index in [4.69, 9.17) is 4.74 Å². The average molecular weight is 315 g/mol. The highest BCUT2D eigenvalue weighted by molar-refractivity contribution is 7.89. The molecule has 1 aromatic rings. The first kappa shape index (κ1) is 16.5. The molecule has 1 N–H and O–H groups in total. The second-order valence-corrected chi connectivity index (χ2v) is 7.75. The number of nitrogens with zero attached hydrogens (tertiary/aromatic N) is 2. The van der Waals surface area contributed by atoms with Crippen molar-refractivity contribution in [2.45, 2.75) is 52.3 Å². The van der Waals surface area contributed by atoms with E-state index in [0.29, 0.717) is 25.4 Å². The second kappa shape index (κ2) is 6.89. The summed E-state index contributed by atoms with van der Waals surface area (Å²) >= 11 is 0. The number of aryl methyl sites for hydroxylation is 1. The highest BCUT2D eigenvalue weighted by atomic mass is 32.2. The summed E-state index contributed by atoms with van der Waals surface area (Å²) in [6, 6.07) is -0.227. The molecule has 1 fully saturated rings. The lowest BCUT2D eigenvalue weighted by Gasteiger charge is -2.20. The lowest BCUT2D eigenvalue weighted by molar-refractivity contribution is 0.0925. The Balaban J connectivity index is 2.05. The number of aromatic nitrogens is 2. The quantitative estimate of drug-likeness (QED) is 0.831. The predicted octanol–water partition coefficient (Wildman–Crippen LogP) is 1.70. The first-order chi connectivity index (χ1) is 9.93. The number of hydrogen-bond donors (Lipinski definition) is 1. The van der Waals surface area contributed by atoms with Crippen molar-refractivity contribution in [3.05, 3.63) is 18.2 Å². The summed E-state index contributed by atoms with van der Waals surface area (Å²) in [5.41, 5.74) is 0. The number of hydrogen-bond acceptors (Lipinski definition) is 4. The Hall–Kier alpha value is -0.920. The van der Waals surface area contributed by atoms with Crippen LogP contribution >= 0.6 is 0 Å². The molecule has 0 amide bonds. The Morgan fingerprint density at radius 3 is 2.95 bits per heavy atom. The molecule has 1 aliphatic rings. The molecule has 0 saturated carbocycles. The Labute approximate surface area is 127 Å². The Morgan fingerprint density at radius 2 is 2.29 bits per heavy atom. The van der Waals surface area contributed by atoms with Crippen molar-refractivity contribution >= 4 is 10.0 Å². The normalized spacial score (nSPS) is 23.0. The van der Waals surface area contributed by atoms with E-state index in [1.54, 1.807) is 6.20 Å². The van der Waals surface area contributed by atoms with Crippen molar-refractivity contribution in [2.24, 2.45) is 5.92 Å². The van der Waals surface area contributed by atoms with E-state index in [-0.39, 0.29) is 17.9 Å². The van der Waals surface area contributed by atoms with Gasteiger partial charge in [0.25, 0.3) is 0 Å². The summed E-state index contributed by atoms with van der Waals surface area (Å²) in [7, 11) is -3.27. The summed E-state index contributed by atoms with van der Waals surface area (Å²) in [6.45, 7) is 7.42. The van der Waals surface area contributed by atoms with Gasteiger partial charge in [0.2, 0.25) is 10.0 Å². The third-order valence-corrected chi connectivity index (χ3v) is 5.16. The molecule has 0 aromatic carbocycles. The van der Waals surface area contributed by atoms with Crippen LogP contribution in [-0.2, 0) is 21.3 Å². The summed E-state index contributed by atoms with van der Waals surface area (Å²) < 4.78 is 34.8. The van der Waals surface area contributed by atoms with Gasteiger partial charge < -0.3 is 9.30 Å². The van der Waals surface area contributed by atoms with Crippen molar-refractivity contribution in [2.75, 3.05) is 12.4 Å². The standard InChI is InChI=1S/C14H25N3O3S/c1-4-17-8-7-15-14(17)13-12(5-9-20-13)16-21(18,19)10-6-11(2)3/h7-8,11-13,16H,4-6,9-10H2,1-3H3/t12-,13-/m0/s1. The van der Waals surface area contributed by atoms with Crippen molar-refractivity contribution in [3.63, 3.8) is 0 Å². The van der Waals surface area contributed by atoms with E-state index in [0.717, 1.165) is 12.4 Å². The lowest BCUT2D eigenvalue weighted by atomic mass is 10.1. The summed E-state index contributed by atoms with van der Waals surface area (Å²) in [4.78, 5) is 4.33. The minimum absolute atomic E-state index is 0.163. The molecule has 0 radical (unpaired) electrons. The van der Waals surface area contributed by atoms with Crippen LogP contribution < -0.4 is 4.72 Å². The smallest absolute Gasteiger partial charge is 0.211 e. The number of nitrogens with one attached hydrogen (secondary N) is 1. The molecular weight excluding hydrogens is 290 g/mol. The maximum absolute atomic E-state index is 12.2. The van der Waals surface area contributed by atoms with Gasteiger partial charge in [-0.3, -0.25) is 0 Å². The van der Waals surface area contributed by atoms with Crippen LogP contribution in [0.2, 0.25) is 0 Å². The highest BCUT2D eigenvalue weighted by Crippen LogP contribution is 2.28. The fourth-order valence-corrected chi connectivity index (χ4v) is 4.09. The van der Waals surface area contributed by atoms with E-state index in [1.807, 2.05) is 31.5 Å². The Morgan fingerprint density at radius 1 is 1.52 bits per heavy atom. The van der Waals surface area contributed by atoms with Crippen LogP contribution in [0.4, 0.5) is 0 Å². The number of rotatable bonds is 7. The molecule has 6 nitrogen and oxygen atoms in total. The molecule has 21 heavy (non-hydrogen) atoms. The molecule has 0 spiro atoms. The van der Waals surface area contributed by atoms with Crippen LogP contribution in [0.25, 0.3) is 0 Å². The SMILES string of the molecule is CCn1ccnc1[C@H]1OCC[C@@H]1NS(=O)(=O)CCC(C)C. The fraction of sp³-hybridized carbons (Fsp3) is 0.786. The minimum atomic E-state index is -3.27. The average Bonchev–Trinajstić information content (AvgIpc) is 3.03. The van der Waals surface area contributed by atoms with E-state index in [1.165, 1.54) is 0 Å². The van der Waals surface area contributed by atoms with Crippen LogP contribution in [0.1, 0.15) is 45.5 Å². The van der Waals surface area contributed by atoms with Crippen molar-refractivity contribution < 1.29 is 13.2 Å². The van der Waals surface area contributed by atoms with E-state index < -0.39 is 10.0 Å².